The zero-order valence-corrected chi connectivity index (χ0v) is 17.5. The molecule has 9 nitrogen and oxygen atoms in total. The van der Waals surface area contributed by atoms with Gasteiger partial charge in [-0.2, -0.15) is 0 Å². The van der Waals surface area contributed by atoms with Gasteiger partial charge in [0, 0.05) is 11.6 Å². The lowest BCUT2D eigenvalue weighted by Gasteiger charge is -2.18. The average Bonchev–Trinajstić information content (AvgIpc) is 3.07. The molecule has 1 aliphatic heterocycles. The van der Waals surface area contributed by atoms with Gasteiger partial charge in [0.15, 0.2) is 17.3 Å². The van der Waals surface area contributed by atoms with Crippen LogP contribution < -0.4 is 25.0 Å². The number of nitrogens with one attached hydrogen (secondary N) is 2. The number of nitrogens with zero attached hydrogens (tertiary/aromatic N) is 2. The fourth-order valence-corrected chi connectivity index (χ4v) is 3.61. The van der Waals surface area contributed by atoms with Crippen LogP contribution in [0.25, 0.3) is 11.4 Å². The quantitative estimate of drug-likeness (QED) is 0.466. The first kappa shape index (κ1) is 21.8. The summed E-state index contributed by atoms with van der Waals surface area (Å²) in [6.07, 6.45) is 4.30. The second-order valence-electron chi connectivity index (χ2n) is 7.09. The van der Waals surface area contributed by atoms with E-state index in [2.05, 4.69) is 10.3 Å². The van der Waals surface area contributed by atoms with Crippen molar-refractivity contribution in [3.8, 4) is 28.6 Å². The Labute approximate surface area is 175 Å². The van der Waals surface area contributed by atoms with Gasteiger partial charge >= 0.3 is 0 Å². The topological polar surface area (TPSA) is 115 Å². The summed E-state index contributed by atoms with van der Waals surface area (Å²) in [6, 6.07) is 5.44. The van der Waals surface area contributed by atoms with Gasteiger partial charge in [0.2, 0.25) is 11.7 Å². The maximum Gasteiger partial charge on any atom is 0.249 e. The third-order valence-electron chi connectivity index (χ3n) is 5.11. The van der Waals surface area contributed by atoms with Gasteiger partial charge < -0.3 is 19.5 Å². The summed E-state index contributed by atoms with van der Waals surface area (Å²) in [4.78, 5) is 21.1. The average molecular weight is 416 g/mol. The van der Waals surface area contributed by atoms with E-state index in [4.69, 9.17) is 24.4 Å². The van der Waals surface area contributed by atoms with Crippen molar-refractivity contribution in [2.75, 3.05) is 27.9 Å². The van der Waals surface area contributed by atoms with Crippen LogP contribution >= 0.6 is 0 Å². The van der Waals surface area contributed by atoms with Gasteiger partial charge in [-0.15, -0.1) is 0 Å². The van der Waals surface area contributed by atoms with E-state index in [1.807, 2.05) is 6.07 Å². The number of carbonyl (C=O) groups excluding carboxylic acids is 1. The van der Waals surface area contributed by atoms with E-state index < -0.39 is 5.91 Å². The van der Waals surface area contributed by atoms with Crippen LogP contribution in [0, 0.1) is 0 Å². The Morgan fingerprint density at radius 2 is 1.83 bits per heavy atom. The summed E-state index contributed by atoms with van der Waals surface area (Å²) in [5.41, 5.74) is 3.66. The highest BCUT2D eigenvalue weighted by Gasteiger charge is 2.21. The van der Waals surface area contributed by atoms with Crippen LogP contribution in [0.3, 0.4) is 0 Å². The first-order valence-electron chi connectivity index (χ1n) is 9.94. The molecule has 1 unspecified atom stereocenters. The number of aromatic nitrogens is 2. The number of benzene rings is 1. The summed E-state index contributed by atoms with van der Waals surface area (Å²) in [5, 5.41) is 12.5. The van der Waals surface area contributed by atoms with Crippen LogP contribution in [0.1, 0.15) is 43.1 Å². The Morgan fingerprint density at radius 3 is 2.47 bits per heavy atom. The lowest BCUT2D eigenvalue weighted by molar-refractivity contribution is -0.128. The Kier molecular flexibility index (Phi) is 7.42. The Bertz CT molecular complexity index is 857. The second-order valence-corrected chi connectivity index (χ2v) is 7.09. The molecule has 0 radical (unpaired) electrons. The highest BCUT2D eigenvalue weighted by molar-refractivity contribution is 5.77. The van der Waals surface area contributed by atoms with Crippen molar-refractivity contribution in [1.82, 2.24) is 20.8 Å². The minimum Gasteiger partial charge on any atom is -0.493 e. The molecule has 1 atom stereocenters. The third kappa shape index (κ3) is 4.98. The minimum atomic E-state index is -0.538. The summed E-state index contributed by atoms with van der Waals surface area (Å²) in [7, 11) is 4.64. The predicted molar refractivity (Wildman–Crippen MR) is 110 cm³/mol. The van der Waals surface area contributed by atoms with E-state index in [-0.39, 0.29) is 12.5 Å². The molecule has 30 heavy (non-hydrogen) atoms. The Balaban J connectivity index is 2.09. The van der Waals surface area contributed by atoms with Crippen LogP contribution in [-0.4, -0.2) is 49.0 Å². The van der Waals surface area contributed by atoms with E-state index in [1.165, 1.54) is 6.42 Å². The standard InChI is InChI=1S/C21H28N4O5/c1-28-17-9-13(10-18(29-2)20(17)30-3)21-23-14(12-19(26)25-27)11-16(24-21)15-7-5-4-6-8-22-15/h9-11,15,22,27H,4-8,12H2,1-3H3,(H,25,26). The lowest BCUT2D eigenvalue weighted by Crippen LogP contribution is -2.24. The van der Waals surface area contributed by atoms with Crippen LogP contribution in [0.5, 0.6) is 17.2 Å². The molecule has 0 aliphatic carbocycles. The molecule has 1 aliphatic rings. The van der Waals surface area contributed by atoms with Crippen molar-refractivity contribution in [2.24, 2.45) is 0 Å². The first-order chi connectivity index (χ1) is 14.6. The summed E-state index contributed by atoms with van der Waals surface area (Å²) in [6.45, 7) is 0.917. The Morgan fingerprint density at radius 1 is 1.10 bits per heavy atom. The van der Waals surface area contributed by atoms with E-state index in [0.29, 0.717) is 34.3 Å². The number of amides is 1. The zero-order valence-electron chi connectivity index (χ0n) is 17.5. The molecule has 9 heteroatoms. The van der Waals surface area contributed by atoms with Gasteiger partial charge in [-0.25, -0.2) is 15.4 Å². The molecule has 1 aromatic carbocycles. The number of carbonyl (C=O) groups is 1. The lowest BCUT2D eigenvalue weighted by atomic mass is 10.1. The molecule has 2 aromatic rings. The molecule has 0 spiro atoms. The first-order valence-corrected chi connectivity index (χ1v) is 9.94. The van der Waals surface area contributed by atoms with Crippen molar-refractivity contribution in [3.05, 3.63) is 29.6 Å². The van der Waals surface area contributed by atoms with Crippen molar-refractivity contribution in [2.45, 2.75) is 38.1 Å². The monoisotopic (exact) mass is 416 g/mol. The smallest absolute Gasteiger partial charge is 0.249 e. The fraction of sp³-hybridized carbons (Fsp3) is 0.476. The van der Waals surface area contributed by atoms with Crippen LogP contribution in [-0.2, 0) is 11.2 Å². The maximum atomic E-state index is 11.8. The highest BCUT2D eigenvalue weighted by Crippen LogP contribution is 2.40. The zero-order chi connectivity index (χ0) is 21.5. The predicted octanol–water partition coefficient (Wildman–Crippen LogP) is 2.42. The molecule has 162 valence electrons. The van der Waals surface area contributed by atoms with E-state index >= 15 is 0 Å². The molecular formula is C21H28N4O5. The largest absolute Gasteiger partial charge is 0.493 e. The van der Waals surface area contributed by atoms with Gasteiger partial charge in [-0.1, -0.05) is 12.8 Å². The number of rotatable bonds is 7. The van der Waals surface area contributed by atoms with Gasteiger partial charge in [0.05, 0.1) is 39.1 Å². The molecule has 1 aromatic heterocycles. The molecule has 3 N–H and O–H groups in total. The number of hydrogen-bond donors (Lipinski definition) is 3. The molecule has 1 fully saturated rings. The van der Waals surface area contributed by atoms with Crippen molar-refractivity contribution in [1.29, 1.82) is 0 Å². The van der Waals surface area contributed by atoms with Crippen molar-refractivity contribution in [3.63, 3.8) is 0 Å². The van der Waals surface area contributed by atoms with Gasteiger partial charge in [0.1, 0.15) is 0 Å². The van der Waals surface area contributed by atoms with Crippen molar-refractivity contribution < 1.29 is 24.2 Å². The molecule has 1 saturated heterocycles. The fourth-order valence-electron chi connectivity index (χ4n) is 3.61. The summed E-state index contributed by atoms with van der Waals surface area (Å²) >= 11 is 0. The second kappa shape index (κ2) is 10.2. The van der Waals surface area contributed by atoms with Gasteiger partial charge in [-0.3, -0.25) is 10.0 Å². The van der Waals surface area contributed by atoms with Gasteiger partial charge in [-0.05, 0) is 37.6 Å². The number of hydrogen-bond acceptors (Lipinski definition) is 8. The Hall–Kier alpha value is -2.91. The minimum absolute atomic E-state index is 0.0594. The van der Waals surface area contributed by atoms with E-state index in [0.717, 1.165) is 31.5 Å². The van der Waals surface area contributed by atoms with Crippen LogP contribution in [0.15, 0.2) is 18.2 Å². The van der Waals surface area contributed by atoms with Crippen LogP contribution in [0.2, 0.25) is 0 Å². The van der Waals surface area contributed by atoms with Gasteiger partial charge in [0.25, 0.3) is 0 Å². The molecule has 0 bridgehead atoms. The number of ether oxygens (including phenoxy) is 3. The third-order valence-corrected chi connectivity index (χ3v) is 5.11. The normalized spacial score (nSPS) is 16.5. The highest BCUT2D eigenvalue weighted by atomic mass is 16.5. The maximum absolute atomic E-state index is 11.8. The summed E-state index contributed by atoms with van der Waals surface area (Å²) in [5.74, 6) is 1.36. The summed E-state index contributed by atoms with van der Waals surface area (Å²) < 4.78 is 16.3. The van der Waals surface area contributed by atoms with Crippen LogP contribution in [0.4, 0.5) is 0 Å². The van der Waals surface area contributed by atoms with E-state index in [9.17, 15) is 4.79 Å². The van der Waals surface area contributed by atoms with E-state index in [1.54, 1.807) is 38.9 Å². The number of methoxy groups -OCH3 is 3. The number of hydroxylamine groups is 1. The molecule has 3 rings (SSSR count). The SMILES string of the molecule is COc1cc(-c2nc(CC(=O)NO)cc(C3CCCCCN3)n2)cc(OC)c1OC. The molecule has 1 amide bonds. The molecule has 0 saturated carbocycles. The molecular weight excluding hydrogens is 388 g/mol. The molecule has 2 heterocycles. The van der Waals surface area contributed by atoms with Crippen molar-refractivity contribution >= 4 is 5.91 Å².